The third-order valence-electron chi connectivity index (χ3n) is 5.87. The van der Waals surface area contributed by atoms with E-state index >= 15 is 0 Å². The maximum atomic E-state index is 13.6. The Morgan fingerprint density at radius 1 is 1.00 bits per heavy atom. The molecule has 1 N–H and O–H groups in total. The first-order valence-electron chi connectivity index (χ1n) is 12.4. The van der Waals surface area contributed by atoms with Crippen molar-refractivity contribution >= 4 is 23.3 Å². The Balaban J connectivity index is 2.36. The molecule has 0 heterocycles. The van der Waals surface area contributed by atoms with E-state index in [2.05, 4.69) is 26.1 Å². The van der Waals surface area contributed by atoms with Gasteiger partial charge in [0.05, 0.1) is 12.8 Å². The van der Waals surface area contributed by atoms with Crippen molar-refractivity contribution < 1.29 is 23.8 Å². The van der Waals surface area contributed by atoms with Gasteiger partial charge in [-0.1, -0.05) is 39.0 Å². The standard InChI is InChI=1S/C28H41N3O5/c1-8-30(9-2)25(32)16-13-17-31(21-14-11-10-12-15-21)27(33)29-24-19-22(35-7)18-23(28(3,4)5)26(24)36-20-34-6/h10-12,14-15,18-19H,8-9,13,16-17,20H2,1-7H3,(H,29,33). The van der Waals surface area contributed by atoms with Gasteiger partial charge in [0.2, 0.25) is 5.91 Å². The number of methoxy groups -OCH3 is 2. The lowest BCUT2D eigenvalue weighted by molar-refractivity contribution is -0.130. The van der Waals surface area contributed by atoms with Crippen LogP contribution in [0.2, 0.25) is 0 Å². The topological polar surface area (TPSA) is 80.3 Å². The summed E-state index contributed by atoms with van der Waals surface area (Å²) in [6.07, 6.45) is 0.907. The van der Waals surface area contributed by atoms with Crippen molar-refractivity contribution in [1.82, 2.24) is 4.90 Å². The van der Waals surface area contributed by atoms with Crippen LogP contribution in [0, 0.1) is 0 Å². The monoisotopic (exact) mass is 499 g/mol. The first-order chi connectivity index (χ1) is 17.2. The number of anilines is 2. The summed E-state index contributed by atoms with van der Waals surface area (Å²) >= 11 is 0. The van der Waals surface area contributed by atoms with Crippen LogP contribution in [0.3, 0.4) is 0 Å². The largest absolute Gasteiger partial charge is 0.497 e. The maximum absolute atomic E-state index is 13.6. The summed E-state index contributed by atoms with van der Waals surface area (Å²) in [5, 5.41) is 3.02. The second kappa shape index (κ2) is 13.7. The molecule has 0 saturated carbocycles. The molecule has 0 unspecified atom stereocenters. The summed E-state index contributed by atoms with van der Waals surface area (Å²) in [5.74, 6) is 1.23. The quantitative estimate of drug-likeness (QED) is 0.381. The van der Waals surface area contributed by atoms with E-state index in [1.807, 2.05) is 50.2 Å². The number of ether oxygens (including phenoxy) is 3. The number of urea groups is 1. The zero-order valence-corrected chi connectivity index (χ0v) is 22.7. The molecule has 0 radical (unpaired) electrons. The van der Waals surface area contributed by atoms with Crippen LogP contribution in [-0.2, 0) is 14.9 Å². The SMILES string of the molecule is CCN(CC)C(=O)CCCN(C(=O)Nc1cc(OC)cc(C(C)(C)C)c1OCOC)c1ccccc1. The number of carbonyl (C=O) groups is 2. The molecule has 36 heavy (non-hydrogen) atoms. The molecule has 0 fully saturated rings. The highest BCUT2D eigenvalue weighted by Gasteiger charge is 2.26. The predicted octanol–water partition coefficient (Wildman–Crippen LogP) is 5.66. The lowest BCUT2D eigenvalue weighted by Crippen LogP contribution is -2.37. The molecular weight excluding hydrogens is 458 g/mol. The van der Waals surface area contributed by atoms with Gasteiger partial charge in [-0.05, 0) is 43.9 Å². The predicted molar refractivity (Wildman–Crippen MR) is 144 cm³/mol. The molecule has 2 rings (SSSR count). The number of amides is 3. The van der Waals surface area contributed by atoms with Crippen LogP contribution in [0.15, 0.2) is 42.5 Å². The fraction of sp³-hybridized carbons (Fsp3) is 0.500. The Kier molecular flexibility index (Phi) is 11.0. The van der Waals surface area contributed by atoms with Crippen molar-refractivity contribution in [3.8, 4) is 11.5 Å². The van der Waals surface area contributed by atoms with Gasteiger partial charge in [-0.3, -0.25) is 9.69 Å². The second-order valence-electron chi connectivity index (χ2n) is 9.44. The fourth-order valence-corrected chi connectivity index (χ4v) is 3.90. The van der Waals surface area contributed by atoms with Crippen LogP contribution < -0.4 is 19.7 Å². The molecule has 2 aromatic carbocycles. The summed E-state index contributed by atoms with van der Waals surface area (Å²) in [6.45, 7) is 11.9. The molecule has 0 aliphatic carbocycles. The van der Waals surface area contributed by atoms with Crippen molar-refractivity contribution in [3.05, 3.63) is 48.0 Å². The molecule has 0 aromatic heterocycles. The van der Waals surface area contributed by atoms with Crippen molar-refractivity contribution in [2.75, 3.05) is 50.9 Å². The minimum Gasteiger partial charge on any atom is -0.497 e. The number of para-hydroxylation sites is 1. The van der Waals surface area contributed by atoms with Gasteiger partial charge < -0.3 is 24.4 Å². The molecule has 198 valence electrons. The first kappa shape index (κ1) is 29.0. The molecule has 2 aromatic rings. The van der Waals surface area contributed by atoms with E-state index in [0.29, 0.717) is 49.7 Å². The number of benzene rings is 2. The summed E-state index contributed by atoms with van der Waals surface area (Å²) in [5.41, 5.74) is 1.83. The highest BCUT2D eigenvalue weighted by Crippen LogP contribution is 2.41. The average molecular weight is 500 g/mol. The number of hydrogen-bond donors (Lipinski definition) is 1. The number of hydrogen-bond acceptors (Lipinski definition) is 5. The lowest BCUT2D eigenvalue weighted by atomic mass is 9.85. The minimum atomic E-state index is -0.327. The van der Waals surface area contributed by atoms with Crippen LogP contribution in [0.5, 0.6) is 11.5 Å². The Morgan fingerprint density at radius 2 is 1.67 bits per heavy atom. The van der Waals surface area contributed by atoms with Crippen LogP contribution in [0.4, 0.5) is 16.2 Å². The average Bonchev–Trinajstić information content (AvgIpc) is 2.86. The Morgan fingerprint density at radius 3 is 2.22 bits per heavy atom. The smallest absolute Gasteiger partial charge is 0.326 e. The molecule has 0 saturated heterocycles. The van der Waals surface area contributed by atoms with Gasteiger partial charge in [-0.2, -0.15) is 0 Å². The van der Waals surface area contributed by atoms with Crippen LogP contribution >= 0.6 is 0 Å². The van der Waals surface area contributed by atoms with Gasteiger partial charge in [0.1, 0.15) is 11.5 Å². The molecule has 0 atom stereocenters. The van der Waals surface area contributed by atoms with E-state index in [1.165, 1.54) is 0 Å². The summed E-state index contributed by atoms with van der Waals surface area (Å²) < 4.78 is 16.6. The van der Waals surface area contributed by atoms with Crippen LogP contribution in [0.25, 0.3) is 0 Å². The van der Waals surface area contributed by atoms with Crippen LogP contribution in [-0.4, -0.2) is 57.5 Å². The molecule has 0 aliphatic rings. The van der Waals surface area contributed by atoms with E-state index in [1.54, 1.807) is 30.1 Å². The number of nitrogens with zero attached hydrogens (tertiary/aromatic N) is 2. The minimum absolute atomic E-state index is 0.0359. The van der Waals surface area contributed by atoms with Gasteiger partial charge in [-0.25, -0.2) is 4.79 Å². The van der Waals surface area contributed by atoms with Gasteiger partial charge in [0.25, 0.3) is 0 Å². The summed E-state index contributed by atoms with van der Waals surface area (Å²) in [6, 6.07) is 12.7. The third kappa shape index (κ3) is 7.88. The Bertz CT molecular complexity index is 985. The van der Waals surface area contributed by atoms with Crippen molar-refractivity contribution in [1.29, 1.82) is 0 Å². The third-order valence-corrected chi connectivity index (χ3v) is 5.87. The van der Waals surface area contributed by atoms with Gasteiger partial charge in [0, 0.05) is 50.5 Å². The van der Waals surface area contributed by atoms with Crippen molar-refractivity contribution in [3.63, 3.8) is 0 Å². The van der Waals surface area contributed by atoms with E-state index in [9.17, 15) is 9.59 Å². The number of nitrogens with one attached hydrogen (secondary N) is 1. The molecule has 8 heteroatoms. The highest BCUT2D eigenvalue weighted by atomic mass is 16.7. The summed E-state index contributed by atoms with van der Waals surface area (Å²) in [4.78, 5) is 29.6. The van der Waals surface area contributed by atoms with E-state index in [0.717, 1.165) is 11.3 Å². The van der Waals surface area contributed by atoms with E-state index in [4.69, 9.17) is 14.2 Å². The summed E-state index contributed by atoms with van der Waals surface area (Å²) in [7, 11) is 3.14. The van der Waals surface area contributed by atoms with E-state index < -0.39 is 0 Å². The molecule has 0 spiro atoms. The first-order valence-corrected chi connectivity index (χ1v) is 12.4. The van der Waals surface area contributed by atoms with E-state index in [-0.39, 0.29) is 24.1 Å². The van der Waals surface area contributed by atoms with Gasteiger partial charge in [0.15, 0.2) is 6.79 Å². The fourth-order valence-electron chi connectivity index (χ4n) is 3.90. The van der Waals surface area contributed by atoms with Gasteiger partial charge >= 0.3 is 6.03 Å². The number of carbonyl (C=O) groups excluding carboxylic acids is 2. The Hall–Kier alpha value is -3.26. The highest BCUT2D eigenvalue weighted by molar-refractivity contribution is 6.03. The normalized spacial score (nSPS) is 11.1. The maximum Gasteiger partial charge on any atom is 0.326 e. The molecule has 3 amide bonds. The molecule has 0 bridgehead atoms. The molecule has 0 aliphatic heterocycles. The second-order valence-corrected chi connectivity index (χ2v) is 9.44. The lowest BCUT2D eigenvalue weighted by Gasteiger charge is -2.28. The van der Waals surface area contributed by atoms with Crippen molar-refractivity contribution in [2.45, 2.75) is 52.9 Å². The van der Waals surface area contributed by atoms with Gasteiger partial charge in [-0.15, -0.1) is 0 Å². The molecular formula is C28H41N3O5. The molecule has 8 nitrogen and oxygen atoms in total. The Labute approximate surface area is 215 Å². The number of rotatable bonds is 12. The zero-order valence-electron chi connectivity index (χ0n) is 22.7. The van der Waals surface area contributed by atoms with Crippen LogP contribution in [0.1, 0.15) is 53.0 Å². The van der Waals surface area contributed by atoms with Crippen molar-refractivity contribution in [2.24, 2.45) is 0 Å². The zero-order chi connectivity index (χ0) is 26.7.